The van der Waals surface area contributed by atoms with E-state index in [0.717, 1.165) is 0 Å². The van der Waals surface area contributed by atoms with Crippen LogP contribution in [-0.2, 0) is 6.42 Å². The molecule has 1 unspecified atom stereocenters. The Morgan fingerprint density at radius 2 is 2.12 bits per heavy atom. The molecule has 1 rings (SSSR count). The molecular weight excluding hydrogens is 229 g/mol. The first-order chi connectivity index (χ1) is 7.60. The summed E-state index contributed by atoms with van der Waals surface area (Å²) in [5.41, 5.74) is 0.426. The average Bonchev–Trinajstić information content (AvgIpc) is 2.27. The number of alkyl halides is 1. The molecule has 1 heterocycles. The molecule has 1 atom stereocenters. The van der Waals surface area contributed by atoms with Crippen LogP contribution in [0.3, 0.4) is 0 Å². The third kappa shape index (κ3) is 3.04. The molecule has 0 bridgehead atoms. The van der Waals surface area contributed by atoms with Crippen LogP contribution in [0.15, 0.2) is 6.33 Å². The van der Waals surface area contributed by atoms with Crippen LogP contribution in [-0.4, -0.2) is 21.9 Å². The highest BCUT2D eigenvalue weighted by molar-refractivity contribution is 6.18. The molecule has 0 saturated carbocycles. The van der Waals surface area contributed by atoms with Gasteiger partial charge in [0.05, 0.1) is 5.69 Å². The van der Waals surface area contributed by atoms with E-state index in [2.05, 4.69) is 15.3 Å². The average molecular weight is 246 g/mol. The quantitative estimate of drug-likeness (QED) is 0.811. The van der Waals surface area contributed by atoms with Gasteiger partial charge in [0, 0.05) is 11.9 Å². The van der Waals surface area contributed by atoms with Crippen molar-refractivity contribution in [1.29, 1.82) is 0 Å². The summed E-state index contributed by atoms with van der Waals surface area (Å²) in [4.78, 5) is 7.78. The Hall–Kier alpha value is -0.900. The van der Waals surface area contributed by atoms with Gasteiger partial charge in [0.15, 0.2) is 11.6 Å². The number of rotatable bonds is 5. The minimum Gasteiger partial charge on any atom is -0.363 e. The number of aromatic nitrogens is 2. The fraction of sp³-hybridized carbons (Fsp3) is 0.636. The minimum atomic E-state index is -0.374. The molecule has 1 N–H and O–H groups in total. The van der Waals surface area contributed by atoms with Gasteiger partial charge in [0.25, 0.3) is 0 Å². The lowest BCUT2D eigenvalue weighted by Crippen LogP contribution is -2.28. The second kappa shape index (κ2) is 5.99. The Kier molecular flexibility index (Phi) is 4.93. The van der Waals surface area contributed by atoms with E-state index in [9.17, 15) is 4.39 Å². The van der Waals surface area contributed by atoms with E-state index >= 15 is 0 Å². The molecule has 90 valence electrons. The molecule has 0 aliphatic heterocycles. The molecule has 0 fully saturated rings. The summed E-state index contributed by atoms with van der Waals surface area (Å²) < 4.78 is 13.8. The Balaban J connectivity index is 2.88. The van der Waals surface area contributed by atoms with Gasteiger partial charge in [-0.1, -0.05) is 20.8 Å². The number of nitrogens with zero attached hydrogens (tertiary/aromatic N) is 2. The maximum absolute atomic E-state index is 13.8. The van der Waals surface area contributed by atoms with Gasteiger partial charge in [-0.3, -0.25) is 0 Å². The first kappa shape index (κ1) is 13.2. The van der Waals surface area contributed by atoms with Gasteiger partial charge in [-0.25, -0.2) is 14.4 Å². The predicted molar refractivity (Wildman–Crippen MR) is 64.3 cm³/mol. The van der Waals surface area contributed by atoms with Crippen molar-refractivity contribution in [2.75, 3.05) is 11.2 Å². The van der Waals surface area contributed by atoms with E-state index in [0.29, 0.717) is 23.9 Å². The van der Waals surface area contributed by atoms with Crippen LogP contribution >= 0.6 is 11.6 Å². The molecule has 0 aromatic carbocycles. The summed E-state index contributed by atoms with van der Waals surface area (Å²) in [5.74, 6) is 0.603. The maximum Gasteiger partial charge on any atom is 0.186 e. The fourth-order valence-corrected chi connectivity index (χ4v) is 1.75. The highest BCUT2D eigenvalue weighted by Gasteiger charge is 2.16. The van der Waals surface area contributed by atoms with Gasteiger partial charge in [-0.15, -0.1) is 11.6 Å². The summed E-state index contributed by atoms with van der Waals surface area (Å²) in [6.07, 6.45) is 1.92. The molecular formula is C11H17ClFN3. The smallest absolute Gasteiger partial charge is 0.186 e. The molecule has 16 heavy (non-hydrogen) atoms. The highest BCUT2D eigenvalue weighted by Crippen LogP contribution is 2.17. The summed E-state index contributed by atoms with van der Waals surface area (Å²) >= 11 is 5.81. The van der Waals surface area contributed by atoms with Crippen molar-refractivity contribution < 1.29 is 4.39 Å². The third-order valence-corrected chi connectivity index (χ3v) is 2.82. The van der Waals surface area contributed by atoms with Crippen molar-refractivity contribution in [3.05, 3.63) is 17.8 Å². The van der Waals surface area contributed by atoms with Crippen LogP contribution < -0.4 is 5.32 Å². The third-order valence-electron chi connectivity index (χ3n) is 2.49. The lowest BCUT2D eigenvalue weighted by atomic mass is 10.1. The van der Waals surface area contributed by atoms with Crippen LogP contribution in [0.1, 0.15) is 26.5 Å². The maximum atomic E-state index is 13.8. The van der Waals surface area contributed by atoms with E-state index in [1.165, 1.54) is 6.33 Å². The lowest BCUT2D eigenvalue weighted by Gasteiger charge is -2.20. The number of hydrogen-bond donors (Lipinski definition) is 1. The minimum absolute atomic E-state index is 0.00997. The molecule has 0 saturated heterocycles. The topological polar surface area (TPSA) is 37.8 Å². The molecule has 0 spiro atoms. The first-order valence-corrected chi connectivity index (χ1v) is 5.95. The van der Waals surface area contributed by atoms with Crippen molar-refractivity contribution in [2.45, 2.75) is 33.2 Å². The summed E-state index contributed by atoms with van der Waals surface area (Å²) in [6.45, 7) is 5.91. The SMILES string of the molecule is CCc1ncnc(NC(CCl)C(C)C)c1F. The van der Waals surface area contributed by atoms with Crippen LogP contribution in [0.25, 0.3) is 0 Å². The standard InChI is InChI=1S/C11H17ClFN3/c1-4-8-10(13)11(15-6-14-8)16-9(5-12)7(2)3/h6-7,9H,4-5H2,1-3H3,(H,14,15,16). The number of hydrogen-bond acceptors (Lipinski definition) is 3. The Morgan fingerprint density at radius 3 is 2.62 bits per heavy atom. The number of aryl methyl sites for hydroxylation is 1. The van der Waals surface area contributed by atoms with Crippen LogP contribution in [0.5, 0.6) is 0 Å². The van der Waals surface area contributed by atoms with E-state index in [1.54, 1.807) is 0 Å². The largest absolute Gasteiger partial charge is 0.363 e. The van der Waals surface area contributed by atoms with E-state index in [1.807, 2.05) is 20.8 Å². The van der Waals surface area contributed by atoms with E-state index in [4.69, 9.17) is 11.6 Å². The summed E-state index contributed by atoms with van der Waals surface area (Å²) in [5, 5.41) is 3.01. The lowest BCUT2D eigenvalue weighted by molar-refractivity contribution is 0.547. The fourth-order valence-electron chi connectivity index (χ4n) is 1.31. The molecule has 5 heteroatoms. The molecule has 0 aliphatic rings. The Labute approximate surface area is 100 Å². The van der Waals surface area contributed by atoms with Crippen molar-refractivity contribution in [3.8, 4) is 0 Å². The second-order valence-corrected chi connectivity index (χ2v) is 4.29. The van der Waals surface area contributed by atoms with Crippen molar-refractivity contribution in [1.82, 2.24) is 9.97 Å². The number of anilines is 1. The second-order valence-electron chi connectivity index (χ2n) is 3.99. The highest BCUT2D eigenvalue weighted by atomic mass is 35.5. The number of nitrogens with one attached hydrogen (secondary N) is 1. The van der Waals surface area contributed by atoms with Gasteiger partial charge in [0.1, 0.15) is 6.33 Å². The Bertz CT molecular complexity index is 344. The summed E-state index contributed by atoms with van der Waals surface area (Å²) in [6, 6.07) is 0.00997. The van der Waals surface area contributed by atoms with Gasteiger partial charge >= 0.3 is 0 Å². The normalized spacial score (nSPS) is 12.9. The molecule has 0 amide bonds. The van der Waals surface area contributed by atoms with Gasteiger partial charge in [0.2, 0.25) is 0 Å². The molecule has 0 radical (unpaired) electrons. The zero-order valence-electron chi connectivity index (χ0n) is 9.80. The van der Waals surface area contributed by atoms with E-state index in [-0.39, 0.29) is 17.7 Å². The van der Waals surface area contributed by atoms with Gasteiger partial charge in [-0.2, -0.15) is 0 Å². The van der Waals surface area contributed by atoms with Crippen LogP contribution in [0.4, 0.5) is 10.2 Å². The Morgan fingerprint density at radius 1 is 1.44 bits per heavy atom. The zero-order valence-corrected chi connectivity index (χ0v) is 10.6. The van der Waals surface area contributed by atoms with E-state index < -0.39 is 0 Å². The van der Waals surface area contributed by atoms with Gasteiger partial charge < -0.3 is 5.32 Å². The molecule has 1 aromatic heterocycles. The van der Waals surface area contributed by atoms with Crippen molar-refractivity contribution >= 4 is 17.4 Å². The van der Waals surface area contributed by atoms with Crippen LogP contribution in [0.2, 0.25) is 0 Å². The monoisotopic (exact) mass is 245 g/mol. The van der Waals surface area contributed by atoms with Crippen molar-refractivity contribution in [3.63, 3.8) is 0 Å². The zero-order chi connectivity index (χ0) is 12.1. The first-order valence-electron chi connectivity index (χ1n) is 5.42. The molecule has 3 nitrogen and oxygen atoms in total. The number of halogens is 2. The van der Waals surface area contributed by atoms with Gasteiger partial charge in [-0.05, 0) is 12.3 Å². The summed E-state index contributed by atoms with van der Waals surface area (Å²) in [7, 11) is 0. The molecule has 1 aromatic rings. The van der Waals surface area contributed by atoms with Crippen molar-refractivity contribution in [2.24, 2.45) is 5.92 Å². The van der Waals surface area contributed by atoms with Crippen LogP contribution in [0, 0.1) is 11.7 Å². The molecule has 0 aliphatic carbocycles. The predicted octanol–water partition coefficient (Wildman–Crippen LogP) is 2.85.